The molecule has 3 heteroatoms. The van der Waals surface area contributed by atoms with Crippen molar-refractivity contribution in [2.75, 3.05) is 0 Å². The predicted octanol–water partition coefficient (Wildman–Crippen LogP) is 3.29. The van der Waals surface area contributed by atoms with Gasteiger partial charge in [-0.2, -0.15) is 0 Å². The third-order valence-corrected chi connectivity index (χ3v) is 4.57. The Morgan fingerprint density at radius 2 is 1.94 bits per heavy atom. The molecule has 2 aliphatic rings. The quantitative estimate of drug-likeness (QED) is 0.848. The van der Waals surface area contributed by atoms with Crippen LogP contribution in [-0.4, -0.2) is 11.0 Å². The monoisotopic (exact) mass is 236 g/mol. The molecule has 0 amide bonds. The second-order valence-corrected chi connectivity index (χ2v) is 6.44. The molecule has 2 nitrogen and oxygen atoms in total. The van der Waals surface area contributed by atoms with Gasteiger partial charge in [0.05, 0.1) is 10.7 Å². The molecule has 1 aromatic rings. The van der Waals surface area contributed by atoms with E-state index in [0.29, 0.717) is 6.04 Å². The molecule has 0 saturated heterocycles. The van der Waals surface area contributed by atoms with Gasteiger partial charge in [-0.3, -0.25) is 0 Å². The van der Waals surface area contributed by atoms with Gasteiger partial charge in [0.25, 0.3) is 0 Å². The predicted molar refractivity (Wildman–Crippen MR) is 67.6 cm³/mol. The standard InChI is InChI=1S/C13H20N2S/c1-8(12-7-16-9(2)15-12)14-13(10-3-4-10)11-5-6-11/h7-8,10-11,13-14H,3-6H2,1-2H3. The first-order chi connectivity index (χ1) is 7.74. The number of rotatable bonds is 5. The lowest BCUT2D eigenvalue weighted by Gasteiger charge is -2.22. The third kappa shape index (κ3) is 2.30. The maximum Gasteiger partial charge on any atom is 0.0898 e. The lowest BCUT2D eigenvalue weighted by molar-refractivity contribution is 0.374. The van der Waals surface area contributed by atoms with Gasteiger partial charge >= 0.3 is 0 Å². The molecular formula is C13H20N2S. The Kier molecular flexibility index (Phi) is 2.76. The average Bonchev–Trinajstić information content (AvgIpc) is 3.14. The van der Waals surface area contributed by atoms with Crippen LogP contribution >= 0.6 is 11.3 Å². The van der Waals surface area contributed by atoms with Crippen LogP contribution in [0.5, 0.6) is 0 Å². The number of hydrogen-bond donors (Lipinski definition) is 1. The van der Waals surface area contributed by atoms with Crippen LogP contribution in [0.4, 0.5) is 0 Å². The summed E-state index contributed by atoms with van der Waals surface area (Å²) >= 11 is 1.76. The van der Waals surface area contributed by atoms with Crippen LogP contribution in [0.2, 0.25) is 0 Å². The van der Waals surface area contributed by atoms with E-state index in [2.05, 4.69) is 29.5 Å². The summed E-state index contributed by atoms with van der Waals surface area (Å²) in [5, 5.41) is 7.19. The molecule has 0 radical (unpaired) electrons. The normalized spacial score (nSPS) is 22.7. The Bertz CT molecular complexity index is 354. The highest BCUT2D eigenvalue weighted by Crippen LogP contribution is 2.45. The zero-order valence-corrected chi connectivity index (χ0v) is 10.9. The Morgan fingerprint density at radius 3 is 2.38 bits per heavy atom. The summed E-state index contributed by atoms with van der Waals surface area (Å²) in [5.41, 5.74) is 1.23. The fourth-order valence-electron chi connectivity index (χ4n) is 2.52. The first-order valence-electron chi connectivity index (χ1n) is 6.42. The minimum Gasteiger partial charge on any atom is -0.305 e. The summed E-state index contributed by atoms with van der Waals surface area (Å²) in [5.74, 6) is 1.93. The zero-order valence-electron chi connectivity index (χ0n) is 10.1. The van der Waals surface area contributed by atoms with Gasteiger partial charge in [0.2, 0.25) is 0 Å². The van der Waals surface area contributed by atoms with Crippen LogP contribution in [0, 0.1) is 18.8 Å². The summed E-state index contributed by atoms with van der Waals surface area (Å²) in [4.78, 5) is 4.58. The van der Waals surface area contributed by atoms with Crippen molar-refractivity contribution in [3.8, 4) is 0 Å². The fourth-order valence-corrected chi connectivity index (χ4v) is 3.23. The fraction of sp³-hybridized carbons (Fsp3) is 0.769. The number of nitrogens with zero attached hydrogens (tertiary/aromatic N) is 1. The topological polar surface area (TPSA) is 24.9 Å². The van der Waals surface area contributed by atoms with Gasteiger partial charge in [0.1, 0.15) is 0 Å². The van der Waals surface area contributed by atoms with Gasteiger partial charge in [0.15, 0.2) is 0 Å². The Labute approximate surface area is 101 Å². The van der Waals surface area contributed by atoms with E-state index in [0.717, 1.165) is 17.9 Å². The molecule has 16 heavy (non-hydrogen) atoms. The van der Waals surface area contributed by atoms with Crippen LogP contribution in [0.1, 0.15) is 49.4 Å². The minimum atomic E-state index is 0.427. The van der Waals surface area contributed by atoms with E-state index < -0.39 is 0 Å². The van der Waals surface area contributed by atoms with Crippen LogP contribution in [-0.2, 0) is 0 Å². The molecule has 88 valence electrons. The second-order valence-electron chi connectivity index (χ2n) is 5.38. The maximum absolute atomic E-state index is 4.58. The van der Waals surface area contributed by atoms with Crippen molar-refractivity contribution >= 4 is 11.3 Å². The molecule has 1 aromatic heterocycles. The van der Waals surface area contributed by atoms with Crippen LogP contribution < -0.4 is 5.32 Å². The van der Waals surface area contributed by atoms with Crippen molar-refractivity contribution in [2.45, 2.75) is 51.6 Å². The van der Waals surface area contributed by atoms with E-state index in [-0.39, 0.29) is 0 Å². The van der Waals surface area contributed by atoms with E-state index in [1.165, 1.54) is 36.4 Å². The van der Waals surface area contributed by atoms with E-state index in [1.54, 1.807) is 11.3 Å². The molecule has 3 rings (SSSR count). The molecule has 2 fully saturated rings. The number of aromatic nitrogens is 1. The summed E-state index contributed by atoms with van der Waals surface area (Å²) in [6.07, 6.45) is 5.77. The van der Waals surface area contributed by atoms with Crippen molar-refractivity contribution in [2.24, 2.45) is 11.8 Å². The van der Waals surface area contributed by atoms with Crippen molar-refractivity contribution in [1.82, 2.24) is 10.3 Å². The third-order valence-electron chi connectivity index (χ3n) is 3.78. The summed E-state index contributed by atoms with van der Waals surface area (Å²) in [7, 11) is 0. The lowest BCUT2D eigenvalue weighted by Crippen LogP contribution is -2.35. The molecule has 1 unspecified atom stereocenters. The SMILES string of the molecule is Cc1nc(C(C)NC(C2CC2)C2CC2)cs1. The number of nitrogens with one attached hydrogen (secondary N) is 1. The molecule has 0 spiro atoms. The van der Waals surface area contributed by atoms with Gasteiger partial charge in [-0.1, -0.05) is 0 Å². The molecular weight excluding hydrogens is 216 g/mol. The molecule has 0 aromatic carbocycles. The number of aryl methyl sites for hydroxylation is 1. The molecule has 1 heterocycles. The first-order valence-corrected chi connectivity index (χ1v) is 7.30. The average molecular weight is 236 g/mol. The summed E-state index contributed by atoms with van der Waals surface area (Å²) in [6.45, 7) is 4.34. The largest absolute Gasteiger partial charge is 0.305 e. The van der Waals surface area contributed by atoms with E-state index in [9.17, 15) is 0 Å². The molecule has 2 aliphatic carbocycles. The smallest absolute Gasteiger partial charge is 0.0898 e. The van der Waals surface area contributed by atoms with Gasteiger partial charge in [-0.15, -0.1) is 11.3 Å². The number of thiazole rings is 1. The summed E-state index contributed by atoms with van der Waals surface area (Å²) < 4.78 is 0. The number of hydrogen-bond acceptors (Lipinski definition) is 3. The van der Waals surface area contributed by atoms with Crippen molar-refractivity contribution < 1.29 is 0 Å². The maximum atomic E-state index is 4.58. The van der Waals surface area contributed by atoms with E-state index in [4.69, 9.17) is 0 Å². The van der Waals surface area contributed by atoms with Crippen LogP contribution in [0.3, 0.4) is 0 Å². The molecule has 2 saturated carbocycles. The van der Waals surface area contributed by atoms with Gasteiger partial charge in [-0.25, -0.2) is 4.98 Å². The van der Waals surface area contributed by atoms with Crippen molar-refractivity contribution in [1.29, 1.82) is 0 Å². The molecule has 0 bridgehead atoms. The zero-order chi connectivity index (χ0) is 11.1. The Balaban J connectivity index is 1.63. The highest BCUT2D eigenvalue weighted by molar-refractivity contribution is 7.09. The van der Waals surface area contributed by atoms with E-state index >= 15 is 0 Å². The molecule has 0 aliphatic heterocycles. The minimum absolute atomic E-state index is 0.427. The van der Waals surface area contributed by atoms with Crippen LogP contribution in [0.25, 0.3) is 0 Å². The Morgan fingerprint density at radius 1 is 1.31 bits per heavy atom. The first kappa shape index (κ1) is 10.7. The highest BCUT2D eigenvalue weighted by atomic mass is 32.1. The van der Waals surface area contributed by atoms with Crippen molar-refractivity contribution in [3.05, 3.63) is 16.1 Å². The van der Waals surface area contributed by atoms with Gasteiger partial charge in [-0.05, 0) is 51.4 Å². The summed E-state index contributed by atoms with van der Waals surface area (Å²) in [6, 6.07) is 1.20. The second kappa shape index (κ2) is 4.11. The van der Waals surface area contributed by atoms with Gasteiger partial charge in [0, 0.05) is 17.5 Å². The van der Waals surface area contributed by atoms with Gasteiger partial charge < -0.3 is 5.32 Å². The van der Waals surface area contributed by atoms with Crippen LogP contribution in [0.15, 0.2) is 5.38 Å². The molecule has 1 N–H and O–H groups in total. The highest BCUT2D eigenvalue weighted by Gasteiger charge is 2.41. The lowest BCUT2D eigenvalue weighted by atomic mass is 10.1. The molecule has 1 atom stereocenters. The van der Waals surface area contributed by atoms with Crippen molar-refractivity contribution in [3.63, 3.8) is 0 Å². The Hall–Kier alpha value is -0.410. The van der Waals surface area contributed by atoms with E-state index in [1.807, 2.05) is 0 Å².